The van der Waals surface area contributed by atoms with Crippen LogP contribution in [0.2, 0.25) is 0 Å². The summed E-state index contributed by atoms with van der Waals surface area (Å²) < 4.78 is 10.4. The fourth-order valence-electron chi connectivity index (χ4n) is 4.09. The number of allylic oxidation sites excluding steroid dienone is 1. The van der Waals surface area contributed by atoms with E-state index in [2.05, 4.69) is 24.5 Å². The second-order valence-corrected chi connectivity index (χ2v) is 8.85. The lowest BCUT2D eigenvalue weighted by Crippen LogP contribution is -2.48. The van der Waals surface area contributed by atoms with Crippen molar-refractivity contribution in [2.45, 2.75) is 78.2 Å². The van der Waals surface area contributed by atoms with Crippen LogP contribution >= 0.6 is 0 Å². The largest absolute Gasteiger partial charge is 0.460 e. The van der Waals surface area contributed by atoms with Crippen LogP contribution in [0.5, 0.6) is 0 Å². The number of benzene rings is 1. The van der Waals surface area contributed by atoms with Crippen LogP contribution in [0.3, 0.4) is 0 Å². The Labute approximate surface area is 209 Å². The lowest BCUT2D eigenvalue weighted by Gasteiger charge is -2.35. The number of unbranched alkanes of at least 4 members (excludes halogenated alkanes) is 5. The van der Waals surface area contributed by atoms with Crippen molar-refractivity contribution < 1.29 is 23.9 Å². The van der Waals surface area contributed by atoms with E-state index in [9.17, 15) is 14.4 Å². The van der Waals surface area contributed by atoms with Crippen molar-refractivity contribution in [1.29, 1.82) is 0 Å². The molecular formula is C27H41N3O5. The molecule has 1 heterocycles. The molecule has 2 N–H and O–H groups in total. The molecule has 8 heteroatoms. The molecule has 8 nitrogen and oxygen atoms in total. The van der Waals surface area contributed by atoms with Gasteiger partial charge in [0, 0.05) is 31.5 Å². The van der Waals surface area contributed by atoms with Gasteiger partial charge in [0.05, 0.1) is 18.2 Å². The van der Waals surface area contributed by atoms with Crippen LogP contribution in [0.1, 0.15) is 83.7 Å². The molecule has 0 radical (unpaired) electrons. The molecule has 0 fully saturated rings. The summed E-state index contributed by atoms with van der Waals surface area (Å²) in [7, 11) is 1.54. The van der Waals surface area contributed by atoms with E-state index in [1.165, 1.54) is 12.8 Å². The lowest BCUT2D eigenvalue weighted by atomic mass is 9.94. The molecule has 194 valence electrons. The Balaban J connectivity index is 2.22. The summed E-state index contributed by atoms with van der Waals surface area (Å²) in [5.74, 6) is -0.532. The van der Waals surface area contributed by atoms with E-state index in [-0.39, 0.29) is 25.2 Å². The number of hydrogen-bond donors (Lipinski definition) is 2. The second-order valence-electron chi connectivity index (χ2n) is 8.85. The topological polar surface area (TPSA) is 97.0 Å². The van der Waals surface area contributed by atoms with Gasteiger partial charge in [-0.1, -0.05) is 58.1 Å². The highest BCUT2D eigenvalue weighted by molar-refractivity contribution is 5.95. The number of urea groups is 1. The molecule has 3 amide bonds. The zero-order valence-electron chi connectivity index (χ0n) is 21.7. The number of methoxy groups -OCH3 is 1. The number of nitrogens with zero attached hydrogens (tertiary/aromatic N) is 1. The fourth-order valence-corrected chi connectivity index (χ4v) is 4.09. The van der Waals surface area contributed by atoms with Crippen molar-refractivity contribution in [3.8, 4) is 0 Å². The molecule has 2 rings (SSSR count). The number of hydrogen-bond acceptors (Lipinski definition) is 5. The maximum absolute atomic E-state index is 13.1. The lowest BCUT2D eigenvalue weighted by molar-refractivity contribution is -0.141. The Bertz CT molecular complexity index is 883. The van der Waals surface area contributed by atoms with Crippen molar-refractivity contribution in [3.05, 3.63) is 41.1 Å². The summed E-state index contributed by atoms with van der Waals surface area (Å²) in [5, 5.41) is 5.91. The number of anilines is 1. The Morgan fingerprint density at radius 3 is 2.51 bits per heavy atom. The van der Waals surface area contributed by atoms with Gasteiger partial charge in [-0.25, -0.2) is 9.59 Å². The van der Waals surface area contributed by atoms with Crippen molar-refractivity contribution in [3.63, 3.8) is 0 Å². The normalized spacial score (nSPS) is 15.7. The number of esters is 1. The summed E-state index contributed by atoms with van der Waals surface area (Å²) in [6.07, 6.45) is 7.62. The van der Waals surface area contributed by atoms with Crippen LogP contribution in [0, 0.1) is 0 Å². The Hall–Kier alpha value is -2.87. The zero-order chi connectivity index (χ0) is 25.6. The molecule has 1 aromatic rings. The average molecular weight is 488 g/mol. The van der Waals surface area contributed by atoms with Crippen LogP contribution in [-0.2, 0) is 19.1 Å². The van der Waals surface area contributed by atoms with Crippen LogP contribution < -0.4 is 10.6 Å². The van der Waals surface area contributed by atoms with E-state index in [0.717, 1.165) is 32.1 Å². The highest BCUT2D eigenvalue weighted by atomic mass is 16.6. The van der Waals surface area contributed by atoms with Crippen LogP contribution in [-0.4, -0.2) is 49.7 Å². The van der Waals surface area contributed by atoms with Gasteiger partial charge in [-0.3, -0.25) is 9.69 Å². The molecule has 1 aromatic carbocycles. The molecule has 1 aliphatic heterocycles. The molecular weight excluding hydrogens is 446 g/mol. The first-order chi connectivity index (χ1) is 16.9. The molecule has 0 saturated heterocycles. The third kappa shape index (κ3) is 8.69. The van der Waals surface area contributed by atoms with Crippen LogP contribution in [0.4, 0.5) is 10.5 Å². The third-order valence-corrected chi connectivity index (χ3v) is 6.08. The quantitative estimate of drug-likeness (QED) is 0.258. The summed E-state index contributed by atoms with van der Waals surface area (Å²) >= 11 is 0. The van der Waals surface area contributed by atoms with Crippen molar-refractivity contribution in [2.75, 3.05) is 32.2 Å². The molecule has 35 heavy (non-hydrogen) atoms. The van der Waals surface area contributed by atoms with Gasteiger partial charge in [-0.15, -0.1) is 0 Å². The van der Waals surface area contributed by atoms with Crippen LogP contribution in [0.25, 0.3) is 0 Å². The number of carbonyl (C=O) groups excluding carboxylic acids is 3. The first-order valence-corrected chi connectivity index (χ1v) is 12.8. The fraction of sp³-hybridized carbons (Fsp3) is 0.593. The number of ether oxygens (including phenoxy) is 2. The average Bonchev–Trinajstić information content (AvgIpc) is 2.83. The maximum atomic E-state index is 13.1. The molecule has 0 bridgehead atoms. The molecule has 1 aliphatic rings. The van der Waals surface area contributed by atoms with Gasteiger partial charge in [0.1, 0.15) is 6.61 Å². The van der Waals surface area contributed by atoms with E-state index in [1.807, 2.05) is 18.2 Å². The monoisotopic (exact) mass is 487 g/mol. The van der Waals surface area contributed by atoms with E-state index in [1.54, 1.807) is 25.0 Å². The van der Waals surface area contributed by atoms with Crippen molar-refractivity contribution in [2.24, 2.45) is 0 Å². The van der Waals surface area contributed by atoms with E-state index in [0.29, 0.717) is 35.5 Å². The summed E-state index contributed by atoms with van der Waals surface area (Å²) in [6.45, 7) is 6.92. The predicted octanol–water partition coefficient (Wildman–Crippen LogP) is 5.32. The Kier molecular flexibility index (Phi) is 12.3. The van der Waals surface area contributed by atoms with Gasteiger partial charge in [0.15, 0.2) is 0 Å². The van der Waals surface area contributed by atoms with E-state index in [4.69, 9.17) is 9.47 Å². The van der Waals surface area contributed by atoms with Crippen molar-refractivity contribution in [1.82, 2.24) is 10.2 Å². The maximum Gasteiger partial charge on any atom is 0.338 e. The molecule has 0 aromatic heterocycles. The molecule has 0 saturated carbocycles. The van der Waals surface area contributed by atoms with Gasteiger partial charge in [0.2, 0.25) is 5.91 Å². The zero-order valence-corrected chi connectivity index (χ0v) is 21.7. The van der Waals surface area contributed by atoms with E-state index >= 15 is 0 Å². The SMILES string of the molecule is CCCCCCCC(=O)Nc1cccc(C2NC(=O)N(CCCC)C(C)=C2C(=O)OCCOC)c1. The minimum atomic E-state index is -0.679. The first kappa shape index (κ1) is 28.4. The Morgan fingerprint density at radius 1 is 1.06 bits per heavy atom. The van der Waals surface area contributed by atoms with Crippen molar-refractivity contribution >= 4 is 23.6 Å². The highest BCUT2D eigenvalue weighted by Crippen LogP contribution is 2.32. The summed E-state index contributed by atoms with van der Waals surface area (Å²) in [6, 6.07) is 6.33. The molecule has 0 spiro atoms. The third-order valence-electron chi connectivity index (χ3n) is 6.08. The predicted molar refractivity (Wildman–Crippen MR) is 137 cm³/mol. The number of rotatable bonds is 15. The van der Waals surface area contributed by atoms with Crippen LogP contribution in [0.15, 0.2) is 35.5 Å². The molecule has 1 atom stereocenters. The van der Waals surface area contributed by atoms with E-state index < -0.39 is 12.0 Å². The number of nitrogens with one attached hydrogen (secondary N) is 2. The number of carbonyl (C=O) groups is 3. The summed E-state index contributed by atoms with van der Waals surface area (Å²) in [5.41, 5.74) is 2.30. The highest BCUT2D eigenvalue weighted by Gasteiger charge is 2.36. The minimum absolute atomic E-state index is 0.0389. The number of amides is 3. The standard InChI is InChI=1S/C27H41N3O5/c1-5-7-9-10-11-15-23(31)28-22-14-12-13-21(19-22)25-24(26(32)35-18-17-34-4)20(3)30(16-8-6-2)27(33)29-25/h12-14,19,25H,5-11,15-18H2,1-4H3,(H,28,31)(H,29,33). The Morgan fingerprint density at radius 2 is 1.80 bits per heavy atom. The van der Waals surface area contributed by atoms with Gasteiger partial charge in [-0.05, 0) is 37.5 Å². The van der Waals surface area contributed by atoms with Gasteiger partial charge in [-0.2, -0.15) is 0 Å². The first-order valence-electron chi connectivity index (χ1n) is 12.8. The molecule has 0 aliphatic carbocycles. The molecule has 1 unspecified atom stereocenters. The second kappa shape index (κ2) is 15.2. The van der Waals surface area contributed by atoms with Gasteiger partial charge < -0.3 is 20.1 Å². The van der Waals surface area contributed by atoms with Gasteiger partial charge in [0.25, 0.3) is 0 Å². The van der Waals surface area contributed by atoms with Gasteiger partial charge >= 0.3 is 12.0 Å². The smallest absolute Gasteiger partial charge is 0.338 e. The minimum Gasteiger partial charge on any atom is -0.460 e. The summed E-state index contributed by atoms with van der Waals surface area (Å²) in [4.78, 5) is 40.0.